The topological polar surface area (TPSA) is 80.3 Å². The molecule has 31 heavy (non-hydrogen) atoms. The van der Waals surface area contributed by atoms with Crippen molar-refractivity contribution in [1.82, 2.24) is 0 Å². The Labute approximate surface area is 215 Å². The van der Waals surface area contributed by atoms with Crippen LogP contribution in [0.15, 0.2) is 0 Å². The summed E-state index contributed by atoms with van der Waals surface area (Å²) in [6.07, 6.45) is 21.0. The molecular weight excluding hydrogens is 482 g/mol. The second kappa shape index (κ2) is 28.3. The normalized spacial score (nSPS) is 12.3. The first-order valence-electron chi connectivity index (χ1n) is 12.1. The molecule has 2 atom stereocenters. The number of carboxylic acids is 2. The summed E-state index contributed by atoms with van der Waals surface area (Å²) in [5.41, 5.74) is 0. The summed E-state index contributed by atoms with van der Waals surface area (Å²) in [4.78, 5) is 20.7. The van der Waals surface area contributed by atoms with E-state index in [2.05, 4.69) is 39.1 Å². The van der Waals surface area contributed by atoms with Gasteiger partial charge in [-0.2, -0.15) is 25.3 Å². The summed E-state index contributed by atoms with van der Waals surface area (Å²) in [5.74, 6) is -2.08. The van der Waals surface area contributed by atoms with Crippen LogP contribution >= 0.6 is 25.3 Å². The Hall–Kier alpha value is 0.263. The second-order valence-corrected chi connectivity index (χ2v) is 9.44. The minimum absolute atomic E-state index is 0. The Morgan fingerprint density at radius 2 is 0.774 bits per heavy atom. The second-order valence-electron chi connectivity index (χ2n) is 8.20. The van der Waals surface area contributed by atoms with Gasteiger partial charge >= 0.3 is 19.5 Å². The van der Waals surface area contributed by atoms with Gasteiger partial charge in [-0.15, -0.1) is 0 Å². The van der Waals surface area contributed by atoms with E-state index in [4.69, 9.17) is 0 Å². The number of unbranched alkanes of at least 4 members (excludes halogenated alkanes) is 14. The summed E-state index contributed by atoms with van der Waals surface area (Å²) in [6, 6.07) is 0. The average molecular weight is 528 g/mol. The molecule has 0 fully saturated rings. The zero-order chi connectivity index (χ0) is 23.0. The van der Waals surface area contributed by atoms with Gasteiger partial charge in [0.15, 0.2) is 0 Å². The van der Waals surface area contributed by atoms with Gasteiger partial charge in [-0.1, -0.05) is 117 Å². The third kappa shape index (κ3) is 30.3. The van der Waals surface area contributed by atoms with Crippen LogP contribution in [0.25, 0.3) is 0 Å². The van der Waals surface area contributed by atoms with Gasteiger partial charge in [-0.05, 0) is 12.8 Å². The number of hydrogen-bond donors (Lipinski definition) is 2. The van der Waals surface area contributed by atoms with Crippen LogP contribution in [0.2, 0.25) is 0 Å². The number of aliphatic carboxylic acids is 2. The van der Waals surface area contributed by atoms with E-state index >= 15 is 0 Å². The van der Waals surface area contributed by atoms with Gasteiger partial charge in [-0.25, -0.2) is 0 Å². The average Bonchev–Trinajstić information content (AvgIpc) is 2.71. The molecule has 0 aromatic heterocycles. The Morgan fingerprint density at radius 1 is 0.548 bits per heavy atom. The van der Waals surface area contributed by atoms with Crippen molar-refractivity contribution in [1.29, 1.82) is 0 Å². The monoisotopic (exact) mass is 526 g/mol. The van der Waals surface area contributed by atoms with Crippen molar-refractivity contribution in [3.63, 3.8) is 0 Å². The van der Waals surface area contributed by atoms with Crippen molar-refractivity contribution in [3.8, 4) is 0 Å². The van der Waals surface area contributed by atoms with Crippen LogP contribution < -0.4 is 10.2 Å². The smallest absolute Gasteiger partial charge is 0.549 e. The van der Waals surface area contributed by atoms with E-state index in [-0.39, 0.29) is 19.5 Å². The van der Waals surface area contributed by atoms with Gasteiger partial charge in [0, 0.05) is 10.5 Å². The molecule has 0 aliphatic rings. The summed E-state index contributed by atoms with van der Waals surface area (Å²) >= 11 is 7.87. The number of rotatable bonds is 20. The van der Waals surface area contributed by atoms with E-state index in [0.717, 1.165) is 25.7 Å². The van der Waals surface area contributed by atoms with Gasteiger partial charge in [0.05, 0.1) is 11.9 Å². The molecule has 0 heterocycles. The first-order valence-corrected chi connectivity index (χ1v) is 13.2. The summed E-state index contributed by atoms with van der Waals surface area (Å²) in [7, 11) is 0. The molecule has 0 rings (SSSR count). The molecule has 2 unspecified atom stereocenters. The van der Waals surface area contributed by atoms with E-state index < -0.39 is 22.4 Å². The standard InChI is InChI=1S/2C12H24O2S.Zn/c2*1-2-3-4-5-6-7-8-9-10-11(15)12(13)14;/h2*11,15H,2-10H2,1H3,(H,13,14);/q;;+2/p-2. The largest absolute Gasteiger partial charge is 2.00 e. The van der Waals surface area contributed by atoms with Crippen LogP contribution in [-0.4, -0.2) is 22.4 Å². The fourth-order valence-electron chi connectivity index (χ4n) is 3.18. The summed E-state index contributed by atoms with van der Waals surface area (Å²) < 4.78 is 0. The quantitative estimate of drug-likeness (QED) is 0.131. The van der Waals surface area contributed by atoms with Crippen LogP contribution in [0.1, 0.15) is 129 Å². The fraction of sp³-hybridized carbons (Fsp3) is 0.917. The predicted octanol–water partition coefficient (Wildman–Crippen LogP) is 5.13. The molecule has 4 nitrogen and oxygen atoms in total. The van der Waals surface area contributed by atoms with Gasteiger partial charge < -0.3 is 19.8 Å². The Morgan fingerprint density at radius 3 is 1.00 bits per heavy atom. The molecule has 0 saturated carbocycles. The molecule has 7 heteroatoms. The number of hydrogen-bond acceptors (Lipinski definition) is 6. The molecule has 0 aliphatic heterocycles. The summed E-state index contributed by atoms with van der Waals surface area (Å²) in [6.45, 7) is 4.43. The van der Waals surface area contributed by atoms with Gasteiger partial charge in [0.2, 0.25) is 0 Å². The van der Waals surface area contributed by atoms with E-state index in [1.165, 1.54) is 77.0 Å². The van der Waals surface area contributed by atoms with Crippen LogP contribution in [0.4, 0.5) is 0 Å². The minimum Gasteiger partial charge on any atom is -0.549 e. The molecule has 0 aromatic rings. The zero-order valence-corrected chi connectivity index (χ0v) is 24.9. The van der Waals surface area contributed by atoms with Crippen LogP contribution in [0.3, 0.4) is 0 Å². The van der Waals surface area contributed by atoms with Gasteiger partial charge in [-0.3, -0.25) is 0 Å². The zero-order valence-electron chi connectivity index (χ0n) is 20.1. The molecule has 0 bridgehead atoms. The Balaban J connectivity index is -0.000000490. The van der Waals surface area contributed by atoms with E-state index in [1.54, 1.807) is 0 Å². The molecule has 0 spiro atoms. The molecule has 0 amide bonds. The minimum atomic E-state index is -1.04. The van der Waals surface area contributed by atoms with Crippen LogP contribution in [0.5, 0.6) is 0 Å². The first-order chi connectivity index (χ1) is 14.4. The maximum Gasteiger partial charge on any atom is 2.00 e. The molecular formula is C24H46O4S2Zn. The molecule has 0 aromatic carbocycles. The molecule has 0 saturated heterocycles. The Kier molecular flexibility index (Phi) is 32.7. The van der Waals surface area contributed by atoms with Crippen molar-refractivity contribution in [2.75, 3.05) is 0 Å². The predicted molar refractivity (Wildman–Crippen MR) is 130 cm³/mol. The molecule has 0 aliphatic carbocycles. The van der Waals surface area contributed by atoms with Crippen molar-refractivity contribution >= 4 is 37.2 Å². The molecule has 180 valence electrons. The SMILES string of the molecule is CCCCCCCCCCC(S)C(=O)[O-].CCCCCCCCCCC(S)C(=O)[O-].[Zn+2]. The third-order valence-electron chi connectivity index (χ3n) is 5.21. The van der Waals surface area contributed by atoms with Crippen molar-refractivity contribution in [2.24, 2.45) is 0 Å². The van der Waals surface area contributed by atoms with Gasteiger partial charge in [0.25, 0.3) is 0 Å². The molecule has 0 N–H and O–H groups in total. The maximum absolute atomic E-state index is 10.3. The third-order valence-corrected chi connectivity index (χ3v) is 6.14. The number of carbonyl (C=O) groups is 2. The van der Waals surface area contributed by atoms with E-state index in [1.807, 2.05) is 0 Å². The fourth-order valence-corrected chi connectivity index (χ4v) is 3.54. The van der Waals surface area contributed by atoms with E-state index in [9.17, 15) is 19.8 Å². The number of thiol groups is 2. The van der Waals surface area contributed by atoms with Crippen molar-refractivity contribution in [2.45, 2.75) is 140 Å². The van der Waals surface area contributed by atoms with Crippen molar-refractivity contribution < 1.29 is 39.3 Å². The van der Waals surface area contributed by atoms with Crippen molar-refractivity contribution in [3.05, 3.63) is 0 Å². The van der Waals surface area contributed by atoms with Crippen LogP contribution in [0, 0.1) is 0 Å². The van der Waals surface area contributed by atoms with Gasteiger partial charge in [0.1, 0.15) is 0 Å². The Bertz CT molecular complexity index is 362. The summed E-state index contributed by atoms with van der Waals surface area (Å²) in [5, 5.41) is 19.5. The van der Waals surface area contributed by atoms with Crippen LogP contribution in [-0.2, 0) is 29.1 Å². The number of carbonyl (C=O) groups excluding carboxylic acids is 2. The maximum atomic E-state index is 10.3. The van der Waals surface area contributed by atoms with E-state index in [0.29, 0.717) is 12.8 Å². The number of carboxylic acid groups (broad SMARTS) is 2. The molecule has 0 radical (unpaired) electrons. The first kappa shape index (κ1) is 35.8.